The summed E-state index contributed by atoms with van der Waals surface area (Å²) in [5, 5.41) is 3.42. The maximum Gasteiger partial charge on any atom is 0.0715 e. The molecule has 190 valence electrons. The molecule has 6 rings (SSSR count). The molecule has 1 aromatic heterocycles. The molecule has 0 aliphatic heterocycles. The van der Waals surface area contributed by atoms with E-state index in [0.717, 1.165) is 35.6 Å². The first kappa shape index (κ1) is 25.8. The van der Waals surface area contributed by atoms with Crippen LogP contribution in [0.4, 0.5) is 0 Å². The quantitative estimate of drug-likeness (QED) is 0.235. The van der Waals surface area contributed by atoms with E-state index in [9.17, 15) is 0 Å². The fourth-order valence-electron chi connectivity index (χ4n) is 4.38. The lowest BCUT2D eigenvalue weighted by molar-refractivity contribution is 0.693. The Labute approximate surface area is 231 Å². The van der Waals surface area contributed by atoms with Crippen molar-refractivity contribution in [3.63, 3.8) is 0 Å². The largest absolute Gasteiger partial charge is 0.309 e. The average Bonchev–Trinajstić information content (AvgIpc) is 3.03. The molecular weight excluding hydrogens is 472 g/mol. The van der Waals surface area contributed by atoms with Crippen LogP contribution in [0.3, 0.4) is 0 Å². The number of pyridine rings is 1. The Morgan fingerprint density at radius 1 is 0.359 bits per heavy atom. The van der Waals surface area contributed by atoms with Crippen LogP contribution < -0.4 is 5.32 Å². The van der Waals surface area contributed by atoms with Crippen LogP contribution in [0.2, 0.25) is 0 Å². The smallest absolute Gasteiger partial charge is 0.0715 e. The summed E-state index contributed by atoms with van der Waals surface area (Å²) >= 11 is 0. The highest BCUT2D eigenvalue weighted by atomic mass is 14.8. The van der Waals surface area contributed by atoms with Gasteiger partial charge in [0.1, 0.15) is 0 Å². The summed E-state index contributed by atoms with van der Waals surface area (Å²) in [6, 6.07) is 56.4. The van der Waals surface area contributed by atoms with Crippen molar-refractivity contribution in [3.8, 4) is 33.6 Å². The number of aromatic nitrogens is 1. The van der Waals surface area contributed by atoms with Gasteiger partial charge in [0.05, 0.1) is 11.4 Å². The monoisotopic (exact) mass is 504 g/mol. The molecular formula is C37H32N2. The second-order valence-corrected chi connectivity index (χ2v) is 9.30. The molecule has 0 radical (unpaired) electrons. The van der Waals surface area contributed by atoms with E-state index in [0.29, 0.717) is 0 Å². The van der Waals surface area contributed by atoms with Crippen LogP contribution in [0.5, 0.6) is 0 Å². The van der Waals surface area contributed by atoms with Gasteiger partial charge in [0.15, 0.2) is 0 Å². The van der Waals surface area contributed by atoms with E-state index in [4.69, 9.17) is 4.98 Å². The molecule has 0 aliphatic carbocycles. The Hall–Kier alpha value is -4.79. The van der Waals surface area contributed by atoms with Crippen molar-refractivity contribution >= 4 is 0 Å². The van der Waals surface area contributed by atoms with Crippen molar-refractivity contribution in [2.24, 2.45) is 0 Å². The first-order chi connectivity index (χ1) is 19.3. The number of hydrogen-bond acceptors (Lipinski definition) is 2. The van der Waals surface area contributed by atoms with Crippen LogP contribution in [0.1, 0.15) is 11.1 Å². The third-order valence-corrected chi connectivity index (χ3v) is 6.42. The van der Waals surface area contributed by atoms with Crippen LogP contribution in [-0.4, -0.2) is 4.98 Å². The third-order valence-electron chi connectivity index (χ3n) is 6.42. The van der Waals surface area contributed by atoms with Gasteiger partial charge in [0.2, 0.25) is 0 Å². The Balaban J connectivity index is 0.000000177. The molecule has 6 aromatic rings. The lowest BCUT2D eigenvalue weighted by Gasteiger charge is -2.10. The van der Waals surface area contributed by atoms with Gasteiger partial charge in [-0.15, -0.1) is 0 Å². The Kier molecular flexibility index (Phi) is 9.06. The van der Waals surface area contributed by atoms with Gasteiger partial charge in [-0.25, -0.2) is 4.98 Å². The standard InChI is InChI=1S/C23H17N.C14H15N/c1-4-10-18(11-5-1)21-16-22(19-12-6-2-7-13-19)24-23(17-21)20-14-8-3-9-15-20;1-3-7-13(8-4-1)11-15-12-14-9-5-2-6-10-14/h1-17H;1-10,15H,11-12H2. The summed E-state index contributed by atoms with van der Waals surface area (Å²) in [6.07, 6.45) is 0. The summed E-state index contributed by atoms with van der Waals surface area (Å²) in [5.41, 5.74) is 9.30. The molecule has 0 fully saturated rings. The Morgan fingerprint density at radius 2 is 0.692 bits per heavy atom. The highest BCUT2D eigenvalue weighted by Gasteiger charge is 2.08. The Morgan fingerprint density at radius 3 is 1.08 bits per heavy atom. The molecule has 1 N–H and O–H groups in total. The highest BCUT2D eigenvalue weighted by molar-refractivity contribution is 5.76. The molecule has 1 heterocycles. The summed E-state index contributed by atoms with van der Waals surface area (Å²) in [5.74, 6) is 0. The van der Waals surface area contributed by atoms with Crippen molar-refractivity contribution in [1.82, 2.24) is 10.3 Å². The van der Waals surface area contributed by atoms with Crippen molar-refractivity contribution in [2.45, 2.75) is 13.1 Å². The molecule has 39 heavy (non-hydrogen) atoms. The van der Waals surface area contributed by atoms with Crippen molar-refractivity contribution in [1.29, 1.82) is 0 Å². The molecule has 5 aromatic carbocycles. The average molecular weight is 505 g/mol. The van der Waals surface area contributed by atoms with E-state index in [-0.39, 0.29) is 0 Å². The molecule has 2 heteroatoms. The minimum Gasteiger partial charge on any atom is -0.309 e. The first-order valence-electron chi connectivity index (χ1n) is 13.3. The lowest BCUT2D eigenvalue weighted by atomic mass is 10.00. The predicted molar refractivity (Wildman–Crippen MR) is 164 cm³/mol. The predicted octanol–water partition coefficient (Wildman–Crippen LogP) is 9.06. The molecule has 0 bridgehead atoms. The number of nitrogens with one attached hydrogen (secondary N) is 1. The maximum atomic E-state index is 4.90. The van der Waals surface area contributed by atoms with Crippen LogP contribution in [0.25, 0.3) is 33.6 Å². The zero-order valence-electron chi connectivity index (χ0n) is 21.9. The SMILES string of the molecule is c1ccc(-c2cc(-c3ccccc3)nc(-c3ccccc3)c2)cc1.c1ccc(CNCc2ccccc2)cc1. The number of nitrogens with zero attached hydrogens (tertiary/aromatic N) is 1. The van der Waals surface area contributed by atoms with E-state index >= 15 is 0 Å². The van der Waals surface area contributed by atoms with E-state index in [1.807, 2.05) is 54.6 Å². The summed E-state index contributed by atoms with van der Waals surface area (Å²) in [7, 11) is 0. The zero-order valence-corrected chi connectivity index (χ0v) is 21.9. The minimum absolute atomic E-state index is 0.926. The maximum absolute atomic E-state index is 4.90. The molecule has 0 saturated heterocycles. The molecule has 0 spiro atoms. The van der Waals surface area contributed by atoms with Crippen molar-refractivity contribution in [3.05, 3.63) is 175 Å². The zero-order chi connectivity index (χ0) is 26.5. The van der Waals surface area contributed by atoms with Gasteiger partial charge in [0, 0.05) is 24.2 Å². The molecule has 0 amide bonds. The van der Waals surface area contributed by atoms with E-state index < -0.39 is 0 Å². The molecule has 0 saturated carbocycles. The topological polar surface area (TPSA) is 24.9 Å². The van der Waals surface area contributed by atoms with Crippen LogP contribution in [-0.2, 0) is 13.1 Å². The minimum atomic E-state index is 0.926. The van der Waals surface area contributed by atoms with Gasteiger partial charge < -0.3 is 5.32 Å². The van der Waals surface area contributed by atoms with Gasteiger partial charge in [-0.3, -0.25) is 0 Å². The number of hydrogen-bond donors (Lipinski definition) is 1. The molecule has 2 nitrogen and oxygen atoms in total. The van der Waals surface area contributed by atoms with E-state index in [1.165, 1.54) is 22.3 Å². The fraction of sp³-hybridized carbons (Fsp3) is 0.0541. The molecule has 0 unspecified atom stereocenters. The van der Waals surface area contributed by atoms with Gasteiger partial charge in [-0.2, -0.15) is 0 Å². The van der Waals surface area contributed by atoms with Crippen LogP contribution >= 0.6 is 0 Å². The summed E-state index contributed by atoms with van der Waals surface area (Å²) in [6.45, 7) is 1.85. The Bertz CT molecular complexity index is 1350. The summed E-state index contributed by atoms with van der Waals surface area (Å²) < 4.78 is 0. The van der Waals surface area contributed by atoms with Crippen LogP contribution in [0, 0.1) is 0 Å². The van der Waals surface area contributed by atoms with Gasteiger partial charge in [0.25, 0.3) is 0 Å². The lowest BCUT2D eigenvalue weighted by Crippen LogP contribution is -2.12. The fourth-order valence-corrected chi connectivity index (χ4v) is 4.38. The van der Waals surface area contributed by atoms with Crippen molar-refractivity contribution < 1.29 is 0 Å². The summed E-state index contributed by atoms with van der Waals surface area (Å²) in [4.78, 5) is 4.90. The van der Waals surface area contributed by atoms with Crippen LogP contribution in [0.15, 0.2) is 164 Å². The normalized spacial score (nSPS) is 10.4. The number of benzene rings is 5. The highest BCUT2D eigenvalue weighted by Crippen LogP contribution is 2.29. The molecule has 0 aliphatic rings. The van der Waals surface area contributed by atoms with Gasteiger partial charge in [-0.1, -0.05) is 152 Å². The number of rotatable bonds is 7. The second kappa shape index (κ2) is 13.7. The van der Waals surface area contributed by atoms with Gasteiger partial charge in [-0.05, 0) is 34.4 Å². The van der Waals surface area contributed by atoms with E-state index in [1.54, 1.807) is 0 Å². The van der Waals surface area contributed by atoms with E-state index in [2.05, 4.69) is 115 Å². The molecule has 0 atom stereocenters. The second-order valence-electron chi connectivity index (χ2n) is 9.30. The van der Waals surface area contributed by atoms with Crippen molar-refractivity contribution in [2.75, 3.05) is 0 Å². The first-order valence-corrected chi connectivity index (χ1v) is 13.3. The van der Waals surface area contributed by atoms with Gasteiger partial charge >= 0.3 is 0 Å². The third kappa shape index (κ3) is 7.61.